The highest BCUT2D eigenvalue weighted by atomic mass is 32.1. The molecule has 16 heavy (non-hydrogen) atoms. The maximum Gasteiger partial charge on any atom is 0.0888 e. The van der Waals surface area contributed by atoms with Crippen molar-refractivity contribution in [1.82, 2.24) is 9.69 Å². The highest BCUT2D eigenvalue weighted by Crippen LogP contribution is 2.28. The van der Waals surface area contributed by atoms with Crippen LogP contribution >= 0.6 is 11.5 Å². The summed E-state index contributed by atoms with van der Waals surface area (Å²) in [6, 6.07) is 8.45. The second-order valence-corrected chi connectivity index (χ2v) is 5.13. The first-order valence-electron chi connectivity index (χ1n) is 5.61. The van der Waals surface area contributed by atoms with E-state index in [4.69, 9.17) is 0 Å². The molecular weight excluding hydrogens is 216 g/mol. The molecule has 1 atom stereocenters. The Balaban J connectivity index is 2.12. The summed E-state index contributed by atoms with van der Waals surface area (Å²) in [4.78, 5) is 0. The predicted molar refractivity (Wildman–Crippen MR) is 69.6 cm³/mol. The number of nitrogens with one attached hydrogen (secondary N) is 1. The van der Waals surface area contributed by atoms with Gasteiger partial charge >= 0.3 is 0 Å². The monoisotopic (exact) mass is 230 g/mol. The molecule has 1 aromatic carbocycles. The van der Waals surface area contributed by atoms with Gasteiger partial charge in [-0.3, -0.25) is 0 Å². The summed E-state index contributed by atoms with van der Waals surface area (Å²) in [6.45, 7) is 4.25. The van der Waals surface area contributed by atoms with Crippen LogP contribution in [0.25, 0.3) is 15.7 Å². The molecule has 0 bridgehead atoms. The number of rotatable bonds is 1. The van der Waals surface area contributed by atoms with Gasteiger partial charge in [0.25, 0.3) is 0 Å². The SMILES string of the molecule is CC1C=C(c2nsc3ccccc23)CNC1. The first-order chi connectivity index (χ1) is 7.84. The average molecular weight is 230 g/mol. The molecule has 1 unspecified atom stereocenters. The lowest BCUT2D eigenvalue weighted by Crippen LogP contribution is -2.27. The molecule has 0 amide bonds. The van der Waals surface area contributed by atoms with E-state index in [1.165, 1.54) is 21.4 Å². The molecule has 0 fully saturated rings. The Bertz CT molecular complexity index is 542. The minimum absolute atomic E-state index is 0.601. The standard InChI is InChI=1S/C13H14N2S/c1-9-6-10(8-14-7-9)13-11-4-2-3-5-12(11)16-15-13/h2-6,9,14H,7-8H2,1H3. The summed E-state index contributed by atoms with van der Waals surface area (Å²) in [7, 11) is 0. The first-order valence-corrected chi connectivity index (χ1v) is 6.38. The van der Waals surface area contributed by atoms with Gasteiger partial charge in [0.05, 0.1) is 10.4 Å². The van der Waals surface area contributed by atoms with Crippen molar-refractivity contribution >= 4 is 27.2 Å². The van der Waals surface area contributed by atoms with E-state index in [1.54, 1.807) is 11.5 Å². The lowest BCUT2D eigenvalue weighted by atomic mass is 9.99. The van der Waals surface area contributed by atoms with Gasteiger partial charge in [0.2, 0.25) is 0 Å². The zero-order valence-electron chi connectivity index (χ0n) is 9.23. The van der Waals surface area contributed by atoms with Gasteiger partial charge < -0.3 is 5.32 Å². The first kappa shape index (κ1) is 10.00. The number of hydrogen-bond acceptors (Lipinski definition) is 3. The van der Waals surface area contributed by atoms with E-state index in [1.807, 2.05) is 0 Å². The highest BCUT2D eigenvalue weighted by molar-refractivity contribution is 7.13. The molecule has 1 N–H and O–H groups in total. The number of benzene rings is 1. The van der Waals surface area contributed by atoms with Gasteiger partial charge in [-0.25, -0.2) is 0 Å². The lowest BCUT2D eigenvalue weighted by Gasteiger charge is -2.18. The van der Waals surface area contributed by atoms with Crippen LogP contribution in [0.2, 0.25) is 0 Å². The minimum Gasteiger partial charge on any atom is -0.312 e. The number of fused-ring (bicyclic) bond motifs is 1. The van der Waals surface area contributed by atoms with E-state index in [0.29, 0.717) is 5.92 Å². The summed E-state index contributed by atoms with van der Waals surface area (Å²) in [5.41, 5.74) is 2.51. The summed E-state index contributed by atoms with van der Waals surface area (Å²) >= 11 is 1.59. The van der Waals surface area contributed by atoms with Gasteiger partial charge in [0.15, 0.2) is 0 Å². The topological polar surface area (TPSA) is 24.9 Å². The molecule has 0 saturated carbocycles. The van der Waals surface area contributed by atoms with Crippen LogP contribution in [-0.2, 0) is 0 Å². The second kappa shape index (κ2) is 4.00. The summed E-state index contributed by atoms with van der Waals surface area (Å²) in [5, 5.41) is 4.72. The fourth-order valence-corrected chi connectivity index (χ4v) is 2.98. The Labute approximate surface area is 99.2 Å². The summed E-state index contributed by atoms with van der Waals surface area (Å²) in [6.07, 6.45) is 2.35. The Morgan fingerprint density at radius 1 is 1.38 bits per heavy atom. The largest absolute Gasteiger partial charge is 0.312 e. The normalized spacial score (nSPS) is 21.1. The van der Waals surface area contributed by atoms with Gasteiger partial charge in [-0.15, -0.1) is 0 Å². The van der Waals surface area contributed by atoms with Crippen molar-refractivity contribution in [2.24, 2.45) is 5.92 Å². The molecule has 0 saturated heterocycles. The van der Waals surface area contributed by atoms with E-state index in [2.05, 4.69) is 47.0 Å². The molecule has 0 spiro atoms. The van der Waals surface area contributed by atoms with E-state index >= 15 is 0 Å². The van der Waals surface area contributed by atoms with Crippen molar-refractivity contribution in [3.63, 3.8) is 0 Å². The second-order valence-electron chi connectivity index (χ2n) is 4.33. The van der Waals surface area contributed by atoms with E-state index in [0.717, 1.165) is 13.1 Å². The third-order valence-corrected chi connectivity index (χ3v) is 3.78. The maximum absolute atomic E-state index is 4.59. The van der Waals surface area contributed by atoms with Gasteiger partial charge in [0.1, 0.15) is 0 Å². The van der Waals surface area contributed by atoms with Crippen molar-refractivity contribution < 1.29 is 0 Å². The van der Waals surface area contributed by atoms with Crippen molar-refractivity contribution in [2.75, 3.05) is 13.1 Å². The zero-order valence-corrected chi connectivity index (χ0v) is 10.1. The van der Waals surface area contributed by atoms with Crippen molar-refractivity contribution in [3.05, 3.63) is 36.0 Å². The van der Waals surface area contributed by atoms with E-state index < -0.39 is 0 Å². The molecule has 0 aliphatic carbocycles. The van der Waals surface area contributed by atoms with Crippen molar-refractivity contribution in [1.29, 1.82) is 0 Å². The third kappa shape index (κ3) is 1.66. The van der Waals surface area contributed by atoms with Crippen LogP contribution in [0.15, 0.2) is 30.3 Å². The van der Waals surface area contributed by atoms with E-state index in [-0.39, 0.29) is 0 Å². The van der Waals surface area contributed by atoms with Crippen LogP contribution in [-0.4, -0.2) is 17.5 Å². The molecule has 2 nitrogen and oxygen atoms in total. The quantitative estimate of drug-likeness (QED) is 0.814. The summed E-state index contributed by atoms with van der Waals surface area (Å²) in [5.74, 6) is 0.601. The predicted octanol–water partition coefficient (Wildman–Crippen LogP) is 2.92. The Kier molecular flexibility index (Phi) is 2.50. The fraction of sp³-hybridized carbons (Fsp3) is 0.308. The third-order valence-electron chi connectivity index (χ3n) is 2.95. The van der Waals surface area contributed by atoms with Crippen LogP contribution in [0.3, 0.4) is 0 Å². The molecule has 1 aliphatic rings. The van der Waals surface area contributed by atoms with Crippen molar-refractivity contribution in [2.45, 2.75) is 6.92 Å². The molecular formula is C13H14N2S. The number of hydrogen-bond donors (Lipinski definition) is 1. The molecule has 3 heteroatoms. The lowest BCUT2D eigenvalue weighted by molar-refractivity contribution is 0.607. The van der Waals surface area contributed by atoms with Crippen LogP contribution in [0.5, 0.6) is 0 Å². The number of aromatic nitrogens is 1. The highest BCUT2D eigenvalue weighted by Gasteiger charge is 2.15. The molecule has 1 aliphatic heterocycles. The zero-order chi connectivity index (χ0) is 11.0. The maximum atomic E-state index is 4.59. The summed E-state index contributed by atoms with van der Waals surface area (Å²) < 4.78 is 5.86. The molecule has 2 aromatic rings. The van der Waals surface area contributed by atoms with Crippen molar-refractivity contribution in [3.8, 4) is 0 Å². The molecule has 82 valence electrons. The van der Waals surface area contributed by atoms with Crippen LogP contribution < -0.4 is 5.32 Å². The smallest absolute Gasteiger partial charge is 0.0888 e. The Hall–Kier alpha value is -1.19. The molecule has 2 heterocycles. The van der Waals surface area contributed by atoms with Gasteiger partial charge in [-0.2, -0.15) is 4.37 Å². The Morgan fingerprint density at radius 2 is 2.25 bits per heavy atom. The number of nitrogens with zero attached hydrogens (tertiary/aromatic N) is 1. The molecule has 0 radical (unpaired) electrons. The molecule has 3 rings (SSSR count). The minimum atomic E-state index is 0.601. The van der Waals surface area contributed by atoms with Crippen LogP contribution in [0.4, 0.5) is 0 Å². The van der Waals surface area contributed by atoms with Gasteiger partial charge in [-0.1, -0.05) is 31.2 Å². The Morgan fingerprint density at radius 3 is 3.12 bits per heavy atom. The van der Waals surface area contributed by atoms with E-state index in [9.17, 15) is 0 Å². The fourth-order valence-electron chi connectivity index (χ4n) is 2.18. The average Bonchev–Trinajstić information content (AvgIpc) is 2.72. The van der Waals surface area contributed by atoms with Gasteiger partial charge in [0, 0.05) is 18.5 Å². The van der Waals surface area contributed by atoms with Gasteiger partial charge in [-0.05, 0) is 29.1 Å². The van der Waals surface area contributed by atoms with Crippen LogP contribution in [0.1, 0.15) is 12.6 Å². The molecule has 1 aromatic heterocycles. The van der Waals surface area contributed by atoms with Crippen LogP contribution in [0, 0.1) is 5.92 Å².